The number of thiazole rings is 1. The molecule has 1 N–H and O–H groups in total. The second-order valence-corrected chi connectivity index (χ2v) is 5.61. The van der Waals surface area contributed by atoms with E-state index in [-0.39, 0.29) is 5.91 Å². The molecule has 4 nitrogen and oxygen atoms in total. The second kappa shape index (κ2) is 4.47. The first-order valence-electron chi connectivity index (χ1n) is 5.32. The van der Waals surface area contributed by atoms with Crippen molar-refractivity contribution in [1.82, 2.24) is 9.36 Å². The standard InChI is InChI=1S/C12H9N3OS2/c1-7-6-10(18-15-7)14-11(16)12-13-8-4-2-3-5-9(8)17-12/h2-6H,1H3,(H,14,16). The first-order chi connectivity index (χ1) is 8.72. The molecule has 18 heavy (non-hydrogen) atoms. The molecule has 3 rings (SSSR count). The van der Waals surface area contributed by atoms with Crippen LogP contribution >= 0.6 is 22.9 Å². The van der Waals surface area contributed by atoms with E-state index in [0.29, 0.717) is 5.01 Å². The zero-order valence-electron chi connectivity index (χ0n) is 9.51. The van der Waals surface area contributed by atoms with E-state index in [0.717, 1.165) is 20.9 Å². The quantitative estimate of drug-likeness (QED) is 0.780. The summed E-state index contributed by atoms with van der Waals surface area (Å²) in [5.74, 6) is -0.181. The highest BCUT2D eigenvalue weighted by Gasteiger charge is 2.13. The summed E-state index contributed by atoms with van der Waals surface area (Å²) < 4.78 is 5.13. The topological polar surface area (TPSA) is 54.9 Å². The molecule has 0 fully saturated rings. The van der Waals surface area contributed by atoms with E-state index >= 15 is 0 Å². The minimum atomic E-state index is -0.181. The molecule has 0 bridgehead atoms. The molecule has 0 spiro atoms. The molecule has 0 aliphatic heterocycles. The van der Waals surface area contributed by atoms with Crippen molar-refractivity contribution in [2.45, 2.75) is 6.92 Å². The monoisotopic (exact) mass is 275 g/mol. The van der Waals surface area contributed by atoms with Crippen LogP contribution in [-0.4, -0.2) is 15.3 Å². The fourth-order valence-electron chi connectivity index (χ4n) is 1.56. The fourth-order valence-corrected chi connectivity index (χ4v) is 3.07. The van der Waals surface area contributed by atoms with Gasteiger partial charge in [0.2, 0.25) is 0 Å². The number of nitrogens with zero attached hydrogens (tertiary/aromatic N) is 2. The number of nitrogens with one attached hydrogen (secondary N) is 1. The van der Waals surface area contributed by atoms with Crippen LogP contribution in [0.1, 0.15) is 15.5 Å². The molecule has 0 aliphatic carbocycles. The van der Waals surface area contributed by atoms with Crippen molar-refractivity contribution in [3.8, 4) is 0 Å². The molecule has 0 saturated carbocycles. The van der Waals surface area contributed by atoms with Crippen LogP contribution in [0.4, 0.5) is 5.00 Å². The van der Waals surface area contributed by atoms with Gasteiger partial charge in [-0.05, 0) is 36.7 Å². The summed E-state index contributed by atoms with van der Waals surface area (Å²) in [7, 11) is 0. The molecular weight excluding hydrogens is 266 g/mol. The fraction of sp³-hybridized carbons (Fsp3) is 0.0833. The van der Waals surface area contributed by atoms with Crippen molar-refractivity contribution >= 4 is 44.0 Å². The Bertz CT molecular complexity index is 684. The van der Waals surface area contributed by atoms with Gasteiger partial charge in [-0.2, -0.15) is 4.37 Å². The molecule has 6 heteroatoms. The number of aromatic nitrogens is 2. The van der Waals surface area contributed by atoms with Crippen LogP contribution in [-0.2, 0) is 0 Å². The Labute approximate surface area is 111 Å². The number of anilines is 1. The third kappa shape index (κ3) is 2.12. The number of hydrogen-bond acceptors (Lipinski definition) is 5. The number of hydrogen-bond donors (Lipinski definition) is 1. The van der Waals surface area contributed by atoms with Gasteiger partial charge in [0, 0.05) is 0 Å². The van der Waals surface area contributed by atoms with Crippen molar-refractivity contribution < 1.29 is 4.79 Å². The SMILES string of the molecule is Cc1cc(NC(=O)c2nc3ccccc3s2)sn1. The first-order valence-corrected chi connectivity index (χ1v) is 6.91. The van der Waals surface area contributed by atoms with Crippen molar-refractivity contribution in [3.05, 3.63) is 41.0 Å². The number of para-hydroxylation sites is 1. The van der Waals surface area contributed by atoms with Crippen LogP contribution in [0.2, 0.25) is 0 Å². The summed E-state index contributed by atoms with van der Waals surface area (Å²) in [4.78, 5) is 16.3. The highest BCUT2D eigenvalue weighted by Crippen LogP contribution is 2.23. The Morgan fingerprint density at radius 2 is 2.17 bits per heavy atom. The van der Waals surface area contributed by atoms with Crippen LogP contribution in [0.3, 0.4) is 0 Å². The van der Waals surface area contributed by atoms with E-state index < -0.39 is 0 Å². The summed E-state index contributed by atoms with van der Waals surface area (Å²) >= 11 is 2.67. The van der Waals surface area contributed by atoms with Gasteiger partial charge in [-0.15, -0.1) is 11.3 Å². The van der Waals surface area contributed by atoms with Crippen LogP contribution in [0.25, 0.3) is 10.2 Å². The highest BCUT2D eigenvalue weighted by atomic mass is 32.1. The largest absolute Gasteiger partial charge is 0.310 e. The van der Waals surface area contributed by atoms with Gasteiger partial charge in [0.25, 0.3) is 5.91 Å². The molecule has 0 saturated heterocycles. The second-order valence-electron chi connectivity index (χ2n) is 3.77. The smallest absolute Gasteiger partial charge is 0.285 e. The van der Waals surface area contributed by atoms with Crippen LogP contribution in [0.5, 0.6) is 0 Å². The Hall–Kier alpha value is -1.79. The molecule has 1 aromatic carbocycles. The van der Waals surface area contributed by atoms with Gasteiger partial charge >= 0.3 is 0 Å². The van der Waals surface area contributed by atoms with E-state index in [9.17, 15) is 4.79 Å². The summed E-state index contributed by atoms with van der Waals surface area (Å²) in [6.45, 7) is 1.89. The molecule has 90 valence electrons. The Balaban J connectivity index is 1.87. The molecule has 3 aromatic rings. The van der Waals surface area contributed by atoms with Crippen molar-refractivity contribution in [3.63, 3.8) is 0 Å². The predicted octanol–water partition coefficient (Wildman–Crippen LogP) is 3.31. The summed E-state index contributed by atoms with van der Waals surface area (Å²) in [6.07, 6.45) is 0. The number of fused-ring (bicyclic) bond motifs is 1. The van der Waals surface area contributed by atoms with E-state index in [1.54, 1.807) is 0 Å². The number of carbonyl (C=O) groups is 1. The predicted molar refractivity (Wildman–Crippen MR) is 74.4 cm³/mol. The first kappa shape index (κ1) is 11.3. The molecule has 0 atom stereocenters. The summed E-state index contributed by atoms with van der Waals surface area (Å²) in [6, 6.07) is 9.56. The van der Waals surface area contributed by atoms with E-state index in [4.69, 9.17) is 0 Å². The Kier molecular flexibility index (Phi) is 2.81. The van der Waals surface area contributed by atoms with Gasteiger partial charge in [-0.25, -0.2) is 4.98 Å². The zero-order valence-corrected chi connectivity index (χ0v) is 11.1. The number of carbonyl (C=O) groups excluding carboxylic acids is 1. The summed E-state index contributed by atoms with van der Waals surface area (Å²) in [5, 5.41) is 4.03. The van der Waals surface area contributed by atoms with E-state index in [1.807, 2.05) is 37.3 Å². The summed E-state index contributed by atoms with van der Waals surface area (Å²) in [5.41, 5.74) is 1.76. The van der Waals surface area contributed by atoms with Gasteiger partial charge in [-0.3, -0.25) is 4.79 Å². The highest BCUT2D eigenvalue weighted by molar-refractivity contribution is 7.20. The third-order valence-electron chi connectivity index (χ3n) is 2.35. The lowest BCUT2D eigenvalue weighted by Crippen LogP contribution is -2.10. The Morgan fingerprint density at radius 1 is 1.33 bits per heavy atom. The number of benzene rings is 1. The van der Waals surface area contributed by atoms with Gasteiger partial charge in [-0.1, -0.05) is 12.1 Å². The average molecular weight is 275 g/mol. The van der Waals surface area contributed by atoms with E-state index in [2.05, 4.69) is 14.7 Å². The number of amides is 1. The van der Waals surface area contributed by atoms with Crippen LogP contribution in [0, 0.1) is 6.92 Å². The van der Waals surface area contributed by atoms with Crippen LogP contribution in [0.15, 0.2) is 30.3 Å². The molecule has 1 amide bonds. The number of aryl methyl sites for hydroxylation is 1. The maximum absolute atomic E-state index is 12.0. The molecule has 2 heterocycles. The zero-order chi connectivity index (χ0) is 12.5. The molecule has 0 unspecified atom stereocenters. The van der Waals surface area contributed by atoms with Gasteiger partial charge in [0.15, 0.2) is 5.01 Å². The normalized spacial score (nSPS) is 10.7. The van der Waals surface area contributed by atoms with Gasteiger partial charge < -0.3 is 5.32 Å². The number of rotatable bonds is 2. The maximum atomic E-state index is 12.0. The van der Waals surface area contributed by atoms with Gasteiger partial charge in [0.1, 0.15) is 5.00 Å². The van der Waals surface area contributed by atoms with Crippen LogP contribution < -0.4 is 5.32 Å². The molecule has 0 radical (unpaired) electrons. The lowest BCUT2D eigenvalue weighted by atomic mass is 10.3. The maximum Gasteiger partial charge on any atom is 0.285 e. The molecule has 2 aromatic heterocycles. The average Bonchev–Trinajstić information content (AvgIpc) is 2.95. The van der Waals surface area contributed by atoms with Crippen molar-refractivity contribution in [1.29, 1.82) is 0 Å². The minimum absolute atomic E-state index is 0.181. The lowest BCUT2D eigenvalue weighted by Gasteiger charge is -1.96. The van der Waals surface area contributed by atoms with E-state index in [1.165, 1.54) is 22.9 Å². The molecule has 0 aliphatic rings. The lowest BCUT2D eigenvalue weighted by molar-refractivity contribution is 0.102. The third-order valence-corrected chi connectivity index (χ3v) is 4.18. The van der Waals surface area contributed by atoms with Crippen molar-refractivity contribution in [2.24, 2.45) is 0 Å². The minimum Gasteiger partial charge on any atom is -0.310 e. The van der Waals surface area contributed by atoms with Gasteiger partial charge in [0.05, 0.1) is 15.9 Å². The molecular formula is C12H9N3OS2. The Morgan fingerprint density at radius 3 is 2.89 bits per heavy atom. The van der Waals surface area contributed by atoms with Crippen molar-refractivity contribution in [2.75, 3.05) is 5.32 Å².